The molecule has 2 rings (SSSR count). The summed E-state index contributed by atoms with van der Waals surface area (Å²) in [6.07, 6.45) is 0.443. The Morgan fingerprint density at radius 1 is 1.82 bits per heavy atom. The van der Waals surface area contributed by atoms with Gasteiger partial charge in [-0.2, -0.15) is 0 Å². The lowest BCUT2D eigenvalue weighted by Gasteiger charge is -1.88. The van der Waals surface area contributed by atoms with Gasteiger partial charge in [-0.1, -0.05) is 11.8 Å². The first-order valence-electron chi connectivity index (χ1n) is 3.48. The molecule has 1 aromatic heterocycles. The molecule has 1 N–H and O–H groups in total. The monoisotopic (exact) mass is 171 g/mol. The molecule has 2 heterocycles. The van der Waals surface area contributed by atoms with Crippen LogP contribution in [0.15, 0.2) is 5.16 Å². The van der Waals surface area contributed by atoms with Crippen molar-refractivity contribution in [2.45, 2.75) is 18.2 Å². The van der Waals surface area contributed by atoms with E-state index < -0.39 is 0 Å². The van der Waals surface area contributed by atoms with Gasteiger partial charge >= 0.3 is 0 Å². The number of hydrogen-bond acceptors (Lipinski definition) is 4. The number of aromatic nitrogens is 3. The van der Waals surface area contributed by atoms with Crippen LogP contribution < -0.4 is 0 Å². The summed E-state index contributed by atoms with van der Waals surface area (Å²) < 4.78 is 5.05. The first kappa shape index (κ1) is 7.12. The minimum Gasteiger partial charge on any atom is -0.372 e. The maximum absolute atomic E-state index is 5.05. The van der Waals surface area contributed by atoms with Crippen LogP contribution in [-0.2, 0) is 4.74 Å². The first-order valence-corrected chi connectivity index (χ1v) is 4.46. The zero-order chi connectivity index (χ0) is 7.68. The van der Waals surface area contributed by atoms with Gasteiger partial charge in [0.15, 0.2) is 0 Å². The minimum absolute atomic E-state index is 0.443. The van der Waals surface area contributed by atoms with Gasteiger partial charge in [-0.15, -0.1) is 5.10 Å². The molecule has 1 unspecified atom stereocenters. The minimum atomic E-state index is 0.443. The highest BCUT2D eigenvalue weighted by molar-refractivity contribution is 7.99. The van der Waals surface area contributed by atoms with E-state index in [0.717, 1.165) is 23.3 Å². The van der Waals surface area contributed by atoms with Crippen LogP contribution in [0, 0.1) is 6.92 Å². The highest BCUT2D eigenvalue weighted by Gasteiger charge is 2.22. The van der Waals surface area contributed by atoms with Gasteiger partial charge in [0, 0.05) is 5.75 Å². The molecule has 4 nitrogen and oxygen atoms in total. The molecule has 1 aromatic rings. The summed E-state index contributed by atoms with van der Waals surface area (Å²) in [7, 11) is 0. The number of ether oxygens (including phenoxy) is 1. The number of hydrogen-bond donors (Lipinski definition) is 1. The maximum Gasteiger partial charge on any atom is 0.208 e. The molecule has 0 spiro atoms. The van der Waals surface area contributed by atoms with Crippen molar-refractivity contribution in [1.82, 2.24) is 15.2 Å². The van der Waals surface area contributed by atoms with E-state index in [1.165, 1.54) is 0 Å². The van der Waals surface area contributed by atoms with Crippen LogP contribution in [0.1, 0.15) is 5.82 Å². The van der Waals surface area contributed by atoms with Gasteiger partial charge in [0.25, 0.3) is 0 Å². The van der Waals surface area contributed by atoms with Gasteiger partial charge in [0.05, 0.1) is 12.7 Å². The summed E-state index contributed by atoms with van der Waals surface area (Å²) in [4.78, 5) is 4.15. The van der Waals surface area contributed by atoms with Gasteiger partial charge in [-0.25, -0.2) is 4.98 Å². The van der Waals surface area contributed by atoms with E-state index in [2.05, 4.69) is 15.2 Å². The molecule has 1 fully saturated rings. The molecule has 60 valence electrons. The Bertz CT molecular complexity index is 246. The number of H-pyrrole nitrogens is 1. The zero-order valence-corrected chi connectivity index (χ0v) is 7.02. The third-order valence-corrected chi connectivity index (χ3v) is 2.36. The van der Waals surface area contributed by atoms with Crippen molar-refractivity contribution in [3.05, 3.63) is 5.82 Å². The van der Waals surface area contributed by atoms with Crippen molar-refractivity contribution in [2.75, 3.05) is 12.4 Å². The summed E-state index contributed by atoms with van der Waals surface area (Å²) in [5.74, 6) is 1.83. The Morgan fingerprint density at radius 2 is 2.64 bits per heavy atom. The SMILES string of the molecule is Cc1nc(SCC2CO2)n[nH]1. The second kappa shape index (κ2) is 2.83. The number of aryl methyl sites for hydroxylation is 1. The number of nitrogens with zero attached hydrogens (tertiary/aromatic N) is 2. The first-order chi connectivity index (χ1) is 5.34. The number of nitrogens with one attached hydrogen (secondary N) is 1. The summed E-state index contributed by atoms with van der Waals surface area (Å²) in [5, 5.41) is 7.59. The van der Waals surface area contributed by atoms with Crippen LogP contribution in [0.5, 0.6) is 0 Å². The van der Waals surface area contributed by atoms with E-state index in [1.807, 2.05) is 6.92 Å². The number of epoxide rings is 1. The van der Waals surface area contributed by atoms with E-state index in [1.54, 1.807) is 11.8 Å². The van der Waals surface area contributed by atoms with Crippen molar-refractivity contribution in [3.8, 4) is 0 Å². The molecule has 1 aliphatic rings. The summed E-state index contributed by atoms with van der Waals surface area (Å²) >= 11 is 1.63. The van der Waals surface area contributed by atoms with Crippen LogP contribution in [0.2, 0.25) is 0 Å². The van der Waals surface area contributed by atoms with Crippen LogP contribution in [-0.4, -0.2) is 33.6 Å². The third-order valence-electron chi connectivity index (χ3n) is 1.38. The topological polar surface area (TPSA) is 54.1 Å². The standard InChI is InChI=1S/C6H9N3OS/c1-4-7-6(9-8-4)11-3-5-2-10-5/h5H,2-3H2,1H3,(H,7,8,9). The van der Waals surface area contributed by atoms with Crippen molar-refractivity contribution >= 4 is 11.8 Å². The summed E-state index contributed by atoms with van der Waals surface area (Å²) in [5.41, 5.74) is 0. The van der Waals surface area contributed by atoms with Crippen molar-refractivity contribution in [2.24, 2.45) is 0 Å². The lowest BCUT2D eigenvalue weighted by molar-refractivity contribution is 0.426. The Labute approximate surface area is 68.7 Å². The lowest BCUT2D eigenvalue weighted by atomic mass is 10.6. The molecular formula is C6H9N3OS. The van der Waals surface area contributed by atoms with Gasteiger partial charge in [0.1, 0.15) is 5.82 Å². The summed E-state index contributed by atoms with van der Waals surface area (Å²) in [6, 6.07) is 0. The Hall–Kier alpha value is -0.550. The summed E-state index contributed by atoms with van der Waals surface area (Å²) in [6.45, 7) is 2.79. The quantitative estimate of drug-likeness (QED) is 0.534. The Kier molecular flexibility index (Phi) is 1.83. The molecule has 5 heteroatoms. The fourth-order valence-electron chi connectivity index (χ4n) is 0.718. The molecule has 0 radical (unpaired) electrons. The predicted octanol–water partition coefficient (Wildman–Crippen LogP) is 0.604. The van der Waals surface area contributed by atoms with E-state index in [9.17, 15) is 0 Å². The predicted molar refractivity (Wildman–Crippen MR) is 41.6 cm³/mol. The largest absolute Gasteiger partial charge is 0.372 e. The van der Waals surface area contributed by atoms with Crippen LogP contribution >= 0.6 is 11.8 Å². The van der Waals surface area contributed by atoms with Crippen molar-refractivity contribution < 1.29 is 4.74 Å². The van der Waals surface area contributed by atoms with E-state index in [4.69, 9.17) is 4.74 Å². The Balaban J connectivity index is 1.85. The highest BCUT2D eigenvalue weighted by atomic mass is 32.2. The second-order valence-electron chi connectivity index (χ2n) is 2.47. The van der Waals surface area contributed by atoms with Crippen LogP contribution in [0.4, 0.5) is 0 Å². The van der Waals surface area contributed by atoms with Crippen molar-refractivity contribution in [3.63, 3.8) is 0 Å². The molecule has 0 aliphatic carbocycles. The highest BCUT2D eigenvalue weighted by Crippen LogP contribution is 2.20. The molecule has 1 atom stereocenters. The van der Waals surface area contributed by atoms with Gasteiger partial charge in [-0.05, 0) is 6.92 Å². The average Bonchev–Trinajstić information content (AvgIpc) is 2.72. The molecule has 0 amide bonds. The maximum atomic E-state index is 5.05. The van der Waals surface area contributed by atoms with E-state index in [-0.39, 0.29) is 0 Å². The van der Waals surface area contributed by atoms with Gasteiger partial charge in [-0.3, -0.25) is 5.10 Å². The second-order valence-corrected chi connectivity index (χ2v) is 3.46. The van der Waals surface area contributed by atoms with Crippen molar-refractivity contribution in [1.29, 1.82) is 0 Å². The fraction of sp³-hybridized carbons (Fsp3) is 0.667. The molecule has 0 bridgehead atoms. The number of aromatic amines is 1. The molecule has 1 saturated heterocycles. The van der Waals surface area contributed by atoms with E-state index in [0.29, 0.717) is 6.10 Å². The lowest BCUT2D eigenvalue weighted by Crippen LogP contribution is -1.89. The smallest absolute Gasteiger partial charge is 0.208 e. The molecular weight excluding hydrogens is 162 g/mol. The normalized spacial score (nSPS) is 22.1. The average molecular weight is 171 g/mol. The van der Waals surface area contributed by atoms with Crippen LogP contribution in [0.3, 0.4) is 0 Å². The number of rotatable bonds is 3. The third kappa shape index (κ3) is 1.94. The zero-order valence-electron chi connectivity index (χ0n) is 6.20. The van der Waals surface area contributed by atoms with Gasteiger partial charge in [0.2, 0.25) is 5.16 Å². The van der Waals surface area contributed by atoms with Crippen LogP contribution in [0.25, 0.3) is 0 Å². The number of thioether (sulfide) groups is 1. The molecule has 1 aliphatic heterocycles. The van der Waals surface area contributed by atoms with Gasteiger partial charge < -0.3 is 4.74 Å². The fourth-order valence-corrected chi connectivity index (χ4v) is 1.56. The molecule has 0 saturated carbocycles. The van der Waals surface area contributed by atoms with E-state index >= 15 is 0 Å². The Morgan fingerprint density at radius 3 is 3.18 bits per heavy atom. The molecule has 11 heavy (non-hydrogen) atoms. The molecule has 0 aromatic carbocycles.